The van der Waals surface area contributed by atoms with Crippen LogP contribution < -0.4 is 5.73 Å². The third-order valence-corrected chi connectivity index (χ3v) is 2.71. The van der Waals surface area contributed by atoms with Crippen LogP contribution in [0.1, 0.15) is 24.9 Å². The summed E-state index contributed by atoms with van der Waals surface area (Å²) in [5.74, 6) is 0. The molecule has 14 heavy (non-hydrogen) atoms. The molecule has 0 aliphatic heterocycles. The molecule has 0 radical (unpaired) electrons. The summed E-state index contributed by atoms with van der Waals surface area (Å²) in [6, 6.07) is 7.46. The molecule has 78 valence electrons. The minimum absolute atomic E-state index is 0.0231. The lowest BCUT2D eigenvalue weighted by molar-refractivity contribution is 0.0772. The van der Waals surface area contributed by atoms with E-state index >= 15 is 0 Å². The normalized spacial score (nSPS) is 15.1. The number of nitrogens with two attached hydrogens (primary N) is 1. The molecule has 1 aromatic carbocycles. The Morgan fingerprint density at radius 2 is 2.07 bits per heavy atom. The fourth-order valence-corrected chi connectivity index (χ4v) is 1.77. The molecule has 2 N–H and O–H groups in total. The number of methoxy groups -OCH3 is 1. The predicted octanol–water partition coefficient (Wildman–Crippen LogP) is 2.76. The summed E-state index contributed by atoms with van der Waals surface area (Å²) in [7, 11) is 1.67. The molecule has 0 saturated carbocycles. The van der Waals surface area contributed by atoms with Crippen molar-refractivity contribution in [1.29, 1.82) is 0 Å². The second-order valence-corrected chi connectivity index (χ2v) is 3.64. The van der Waals surface area contributed by atoms with Gasteiger partial charge in [-0.2, -0.15) is 0 Å². The third-order valence-electron chi connectivity index (χ3n) is 2.37. The first kappa shape index (κ1) is 11.5. The molecule has 0 fully saturated rings. The first-order valence-electron chi connectivity index (χ1n) is 4.73. The number of rotatable bonds is 4. The summed E-state index contributed by atoms with van der Waals surface area (Å²) in [5, 5.41) is 0.704. The molecule has 2 nitrogen and oxygen atoms in total. The minimum atomic E-state index is -0.154. The first-order chi connectivity index (χ1) is 6.70. The fraction of sp³-hybridized carbons (Fsp3) is 0.455. The average molecular weight is 214 g/mol. The Bertz CT molecular complexity index is 286. The molecule has 0 saturated heterocycles. The summed E-state index contributed by atoms with van der Waals surface area (Å²) in [6.07, 6.45) is 0.901. The highest BCUT2D eigenvalue weighted by molar-refractivity contribution is 6.31. The Kier molecular flexibility index (Phi) is 4.39. The van der Waals surface area contributed by atoms with E-state index in [1.54, 1.807) is 7.11 Å². The van der Waals surface area contributed by atoms with Gasteiger partial charge in [0.15, 0.2) is 0 Å². The van der Waals surface area contributed by atoms with Crippen LogP contribution in [0.15, 0.2) is 24.3 Å². The Morgan fingerprint density at radius 1 is 1.43 bits per heavy atom. The molecular formula is C11H16ClNO. The van der Waals surface area contributed by atoms with Crippen LogP contribution in [0, 0.1) is 0 Å². The molecule has 0 heterocycles. The van der Waals surface area contributed by atoms with E-state index in [1.807, 2.05) is 31.2 Å². The average Bonchev–Trinajstić information content (AvgIpc) is 2.20. The van der Waals surface area contributed by atoms with Crippen molar-refractivity contribution in [2.45, 2.75) is 25.5 Å². The third kappa shape index (κ3) is 2.47. The van der Waals surface area contributed by atoms with Crippen molar-refractivity contribution in [3.63, 3.8) is 0 Å². The summed E-state index contributed by atoms with van der Waals surface area (Å²) in [4.78, 5) is 0. The van der Waals surface area contributed by atoms with Gasteiger partial charge in [-0.1, -0.05) is 36.7 Å². The number of halogens is 1. The van der Waals surface area contributed by atoms with Crippen LogP contribution in [0.25, 0.3) is 0 Å². The maximum atomic E-state index is 6.05. The van der Waals surface area contributed by atoms with Crippen molar-refractivity contribution in [2.24, 2.45) is 5.73 Å². The Hall–Kier alpha value is -0.570. The lowest BCUT2D eigenvalue weighted by Crippen LogP contribution is -2.27. The van der Waals surface area contributed by atoms with Crippen molar-refractivity contribution in [3.8, 4) is 0 Å². The highest BCUT2D eigenvalue weighted by Crippen LogP contribution is 2.25. The smallest absolute Gasteiger partial charge is 0.0761 e. The molecule has 2 atom stereocenters. The zero-order valence-corrected chi connectivity index (χ0v) is 9.29. The van der Waals surface area contributed by atoms with Crippen LogP contribution in [0.5, 0.6) is 0 Å². The van der Waals surface area contributed by atoms with Crippen molar-refractivity contribution in [1.82, 2.24) is 0 Å². The summed E-state index contributed by atoms with van der Waals surface area (Å²) >= 11 is 6.04. The fourth-order valence-electron chi connectivity index (χ4n) is 1.51. The van der Waals surface area contributed by atoms with E-state index < -0.39 is 0 Å². The van der Waals surface area contributed by atoms with Gasteiger partial charge in [-0.15, -0.1) is 0 Å². The lowest BCUT2D eigenvalue weighted by Gasteiger charge is -2.22. The molecule has 2 unspecified atom stereocenters. The van der Waals surface area contributed by atoms with Crippen LogP contribution >= 0.6 is 11.6 Å². The van der Waals surface area contributed by atoms with Gasteiger partial charge in [-0.25, -0.2) is 0 Å². The van der Waals surface area contributed by atoms with Crippen LogP contribution in [0.3, 0.4) is 0 Å². The number of hydrogen-bond acceptors (Lipinski definition) is 2. The summed E-state index contributed by atoms with van der Waals surface area (Å²) in [5.41, 5.74) is 7.00. The number of ether oxygens (including phenoxy) is 1. The molecule has 0 bridgehead atoms. The van der Waals surface area contributed by atoms with Crippen molar-refractivity contribution >= 4 is 11.6 Å². The highest BCUT2D eigenvalue weighted by atomic mass is 35.5. The van der Waals surface area contributed by atoms with Crippen molar-refractivity contribution in [3.05, 3.63) is 34.9 Å². The minimum Gasteiger partial charge on any atom is -0.379 e. The SMILES string of the molecule is CCC(OC)C(N)c1ccccc1Cl. The molecular weight excluding hydrogens is 198 g/mol. The van der Waals surface area contributed by atoms with Crippen LogP contribution in [-0.2, 0) is 4.74 Å². The largest absolute Gasteiger partial charge is 0.379 e. The first-order valence-corrected chi connectivity index (χ1v) is 5.11. The molecule has 0 spiro atoms. The van der Waals surface area contributed by atoms with E-state index in [2.05, 4.69) is 0 Å². The maximum Gasteiger partial charge on any atom is 0.0761 e. The van der Waals surface area contributed by atoms with Gasteiger partial charge in [0.25, 0.3) is 0 Å². The standard InChI is InChI=1S/C11H16ClNO/c1-3-10(14-2)11(13)8-6-4-5-7-9(8)12/h4-7,10-11H,3,13H2,1-2H3. The van der Waals surface area contributed by atoms with Gasteiger partial charge in [0, 0.05) is 12.1 Å². The van der Waals surface area contributed by atoms with E-state index in [1.165, 1.54) is 0 Å². The predicted molar refractivity (Wildman–Crippen MR) is 59.5 cm³/mol. The van der Waals surface area contributed by atoms with E-state index in [-0.39, 0.29) is 12.1 Å². The molecule has 0 aliphatic carbocycles. The van der Waals surface area contributed by atoms with Crippen LogP contribution in [0.4, 0.5) is 0 Å². The van der Waals surface area contributed by atoms with Gasteiger partial charge in [-0.05, 0) is 18.1 Å². The molecule has 0 amide bonds. The highest BCUT2D eigenvalue weighted by Gasteiger charge is 2.18. The zero-order chi connectivity index (χ0) is 10.6. The molecule has 0 aliphatic rings. The Labute approximate surface area is 90.0 Å². The van der Waals surface area contributed by atoms with Gasteiger partial charge < -0.3 is 10.5 Å². The lowest BCUT2D eigenvalue weighted by atomic mass is 10.0. The summed E-state index contributed by atoms with van der Waals surface area (Å²) < 4.78 is 5.29. The zero-order valence-electron chi connectivity index (χ0n) is 8.53. The topological polar surface area (TPSA) is 35.2 Å². The maximum absolute atomic E-state index is 6.05. The van der Waals surface area contributed by atoms with Gasteiger partial charge in [0.05, 0.1) is 12.1 Å². The number of benzene rings is 1. The van der Waals surface area contributed by atoms with Gasteiger partial charge in [0.1, 0.15) is 0 Å². The molecule has 1 aromatic rings. The van der Waals surface area contributed by atoms with Gasteiger partial charge in [0.2, 0.25) is 0 Å². The summed E-state index contributed by atoms with van der Waals surface area (Å²) in [6.45, 7) is 2.05. The van der Waals surface area contributed by atoms with Crippen LogP contribution in [-0.4, -0.2) is 13.2 Å². The Morgan fingerprint density at radius 3 is 2.57 bits per heavy atom. The molecule has 1 rings (SSSR count). The van der Waals surface area contributed by atoms with Gasteiger partial charge in [-0.3, -0.25) is 0 Å². The van der Waals surface area contributed by atoms with E-state index in [0.29, 0.717) is 5.02 Å². The van der Waals surface area contributed by atoms with Crippen LogP contribution in [0.2, 0.25) is 5.02 Å². The monoisotopic (exact) mass is 213 g/mol. The van der Waals surface area contributed by atoms with E-state index in [4.69, 9.17) is 22.1 Å². The molecule has 0 aromatic heterocycles. The molecule has 3 heteroatoms. The van der Waals surface area contributed by atoms with Gasteiger partial charge >= 0.3 is 0 Å². The van der Waals surface area contributed by atoms with Crippen molar-refractivity contribution < 1.29 is 4.74 Å². The quantitative estimate of drug-likeness (QED) is 0.835. The van der Waals surface area contributed by atoms with Crippen molar-refractivity contribution in [2.75, 3.05) is 7.11 Å². The second kappa shape index (κ2) is 5.35. The van der Waals surface area contributed by atoms with E-state index in [9.17, 15) is 0 Å². The Balaban J connectivity index is 2.88. The van der Waals surface area contributed by atoms with E-state index in [0.717, 1.165) is 12.0 Å². The number of hydrogen-bond donors (Lipinski definition) is 1. The second-order valence-electron chi connectivity index (χ2n) is 3.23.